The van der Waals surface area contributed by atoms with Crippen LogP contribution >= 0.6 is 0 Å². The van der Waals surface area contributed by atoms with Crippen LogP contribution in [-0.2, 0) is 4.74 Å². The average Bonchev–Trinajstić information content (AvgIpc) is 3.16. The fraction of sp³-hybridized carbons (Fsp3) is 0.538. The van der Waals surface area contributed by atoms with Gasteiger partial charge in [0.05, 0.1) is 7.11 Å². The van der Waals surface area contributed by atoms with Gasteiger partial charge in [0.15, 0.2) is 0 Å². The first-order valence-electron chi connectivity index (χ1n) is 5.98. The molecular weight excluding hydrogens is 216 g/mol. The number of esters is 1. The highest BCUT2D eigenvalue weighted by atomic mass is 16.5. The van der Waals surface area contributed by atoms with E-state index in [1.54, 1.807) is 18.3 Å². The molecular formula is C13H18N2O2. The molecule has 1 saturated carbocycles. The Hall–Kier alpha value is -1.58. The molecule has 0 atom stereocenters. The number of aromatic nitrogens is 1. The van der Waals surface area contributed by atoms with Gasteiger partial charge in [-0.05, 0) is 36.8 Å². The highest BCUT2D eigenvalue weighted by molar-refractivity contribution is 5.94. The first-order chi connectivity index (χ1) is 8.21. The maximum Gasteiger partial charge on any atom is 0.341 e. The maximum atomic E-state index is 11.5. The third-order valence-corrected chi connectivity index (χ3v) is 3.55. The Kier molecular flexibility index (Phi) is 3.31. The van der Waals surface area contributed by atoms with Crippen LogP contribution in [0.4, 0.5) is 5.82 Å². The lowest BCUT2D eigenvalue weighted by atomic mass is 10.0. The van der Waals surface area contributed by atoms with Crippen molar-refractivity contribution in [2.75, 3.05) is 19.0 Å². The molecule has 1 aromatic heterocycles. The molecule has 0 unspecified atom stereocenters. The Morgan fingerprint density at radius 2 is 2.35 bits per heavy atom. The van der Waals surface area contributed by atoms with Gasteiger partial charge >= 0.3 is 5.97 Å². The van der Waals surface area contributed by atoms with Gasteiger partial charge in [-0.2, -0.15) is 0 Å². The standard InChI is InChI=1S/C13H18N2O2/c1-3-13(6-7-13)9-15-11-10(12(16)17-2)5-4-8-14-11/h4-5,8H,3,6-7,9H2,1-2H3,(H,14,15). The molecule has 1 heterocycles. The van der Waals surface area contributed by atoms with Crippen molar-refractivity contribution in [2.24, 2.45) is 5.41 Å². The summed E-state index contributed by atoms with van der Waals surface area (Å²) in [5.41, 5.74) is 0.923. The Labute approximate surface area is 101 Å². The lowest BCUT2D eigenvalue weighted by molar-refractivity contribution is 0.0601. The van der Waals surface area contributed by atoms with Crippen molar-refractivity contribution in [1.82, 2.24) is 4.98 Å². The zero-order chi connectivity index (χ0) is 12.3. The summed E-state index contributed by atoms with van der Waals surface area (Å²) in [6, 6.07) is 3.47. The van der Waals surface area contributed by atoms with Crippen molar-refractivity contribution in [3.63, 3.8) is 0 Å². The molecule has 92 valence electrons. The number of rotatable bonds is 5. The quantitative estimate of drug-likeness (QED) is 0.795. The summed E-state index contributed by atoms with van der Waals surface area (Å²) in [4.78, 5) is 15.7. The monoisotopic (exact) mass is 234 g/mol. The molecule has 1 N–H and O–H groups in total. The predicted octanol–water partition coefficient (Wildman–Crippen LogP) is 2.47. The van der Waals surface area contributed by atoms with Crippen LogP contribution in [0.2, 0.25) is 0 Å². The molecule has 1 aromatic rings. The van der Waals surface area contributed by atoms with E-state index in [0.29, 0.717) is 16.8 Å². The van der Waals surface area contributed by atoms with Crippen LogP contribution in [0.1, 0.15) is 36.5 Å². The largest absolute Gasteiger partial charge is 0.465 e. The van der Waals surface area contributed by atoms with Crippen LogP contribution in [0.3, 0.4) is 0 Å². The van der Waals surface area contributed by atoms with E-state index >= 15 is 0 Å². The summed E-state index contributed by atoms with van der Waals surface area (Å²) < 4.78 is 4.73. The molecule has 0 bridgehead atoms. The first-order valence-corrected chi connectivity index (χ1v) is 5.98. The minimum absolute atomic E-state index is 0.345. The van der Waals surface area contributed by atoms with Gasteiger partial charge in [0, 0.05) is 12.7 Å². The SMILES string of the molecule is CCC1(CNc2ncccc2C(=O)OC)CC1. The van der Waals surface area contributed by atoms with E-state index < -0.39 is 0 Å². The van der Waals surface area contributed by atoms with Gasteiger partial charge in [0.25, 0.3) is 0 Å². The number of hydrogen-bond acceptors (Lipinski definition) is 4. The summed E-state index contributed by atoms with van der Waals surface area (Å²) >= 11 is 0. The van der Waals surface area contributed by atoms with Gasteiger partial charge in [-0.15, -0.1) is 0 Å². The van der Waals surface area contributed by atoms with E-state index in [9.17, 15) is 4.79 Å². The van der Waals surface area contributed by atoms with Crippen LogP contribution in [0, 0.1) is 5.41 Å². The van der Waals surface area contributed by atoms with E-state index in [1.807, 2.05) is 0 Å². The first kappa shape index (κ1) is 11.9. The molecule has 0 radical (unpaired) electrons. The second-order valence-electron chi connectivity index (χ2n) is 4.60. The molecule has 4 nitrogen and oxygen atoms in total. The number of anilines is 1. The van der Waals surface area contributed by atoms with Gasteiger partial charge in [-0.3, -0.25) is 0 Å². The summed E-state index contributed by atoms with van der Waals surface area (Å²) in [5, 5.41) is 3.27. The fourth-order valence-electron chi connectivity index (χ4n) is 1.92. The van der Waals surface area contributed by atoms with Crippen molar-refractivity contribution < 1.29 is 9.53 Å². The summed E-state index contributed by atoms with van der Waals surface area (Å²) in [6.07, 6.45) is 5.37. The van der Waals surface area contributed by atoms with Gasteiger partial charge in [0.1, 0.15) is 11.4 Å². The summed E-state index contributed by atoms with van der Waals surface area (Å²) in [7, 11) is 1.38. The Bertz CT molecular complexity index is 414. The minimum atomic E-state index is -0.345. The molecule has 2 rings (SSSR count). The Morgan fingerprint density at radius 3 is 2.94 bits per heavy atom. The lowest BCUT2D eigenvalue weighted by Gasteiger charge is -2.15. The van der Waals surface area contributed by atoms with Gasteiger partial charge in [-0.1, -0.05) is 6.92 Å². The van der Waals surface area contributed by atoms with Gasteiger partial charge in [0.2, 0.25) is 0 Å². The predicted molar refractivity (Wildman–Crippen MR) is 66.0 cm³/mol. The van der Waals surface area contributed by atoms with Crippen molar-refractivity contribution in [3.05, 3.63) is 23.9 Å². The number of methoxy groups -OCH3 is 1. The maximum absolute atomic E-state index is 11.5. The molecule has 1 aliphatic rings. The second-order valence-corrected chi connectivity index (χ2v) is 4.60. The third kappa shape index (κ3) is 2.57. The highest BCUT2D eigenvalue weighted by Crippen LogP contribution is 2.48. The Balaban J connectivity index is 2.07. The van der Waals surface area contributed by atoms with Gasteiger partial charge in [-0.25, -0.2) is 9.78 Å². The van der Waals surface area contributed by atoms with Crippen molar-refractivity contribution >= 4 is 11.8 Å². The zero-order valence-electron chi connectivity index (χ0n) is 10.3. The minimum Gasteiger partial charge on any atom is -0.465 e. The lowest BCUT2D eigenvalue weighted by Crippen LogP contribution is -2.17. The third-order valence-electron chi connectivity index (χ3n) is 3.55. The Morgan fingerprint density at radius 1 is 1.59 bits per heavy atom. The van der Waals surface area contributed by atoms with E-state index in [2.05, 4.69) is 17.2 Å². The van der Waals surface area contributed by atoms with Crippen LogP contribution in [-0.4, -0.2) is 24.6 Å². The topological polar surface area (TPSA) is 51.2 Å². The smallest absolute Gasteiger partial charge is 0.341 e. The number of ether oxygens (including phenoxy) is 1. The number of pyridine rings is 1. The molecule has 0 aromatic carbocycles. The molecule has 0 amide bonds. The molecule has 17 heavy (non-hydrogen) atoms. The van der Waals surface area contributed by atoms with Crippen LogP contribution < -0.4 is 5.32 Å². The van der Waals surface area contributed by atoms with E-state index in [-0.39, 0.29) is 5.97 Å². The van der Waals surface area contributed by atoms with E-state index in [1.165, 1.54) is 26.4 Å². The number of hydrogen-bond donors (Lipinski definition) is 1. The van der Waals surface area contributed by atoms with E-state index in [0.717, 1.165) is 6.54 Å². The fourth-order valence-corrected chi connectivity index (χ4v) is 1.92. The molecule has 0 saturated heterocycles. The van der Waals surface area contributed by atoms with E-state index in [4.69, 9.17) is 4.74 Å². The number of carbonyl (C=O) groups is 1. The normalized spacial score (nSPS) is 16.4. The number of nitrogens with one attached hydrogen (secondary N) is 1. The van der Waals surface area contributed by atoms with Crippen LogP contribution in [0.25, 0.3) is 0 Å². The van der Waals surface area contributed by atoms with Gasteiger partial charge < -0.3 is 10.1 Å². The molecule has 0 aliphatic heterocycles. The highest BCUT2D eigenvalue weighted by Gasteiger charge is 2.40. The number of carbonyl (C=O) groups excluding carboxylic acids is 1. The summed E-state index contributed by atoms with van der Waals surface area (Å²) in [6.45, 7) is 3.08. The van der Waals surface area contributed by atoms with Crippen LogP contribution in [0.5, 0.6) is 0 Å². The zero-order valence-corrected chi connectivity index (χ0v) is 10.3. The second kappa shape index (κ2) is 4.73. The average molecular weight is 234 g/mol. The van der Waals surface area contributed by atoms with Crippen LogP contribution in [0.15, 0.2) is 18.3 Å². The van der Waals surface area contributed by atoms with Crippen molar-refractivity contribution in [1.29, 1.82) is 0 Å². The van der Waals surface area contributed by atoms with Crippen molar-refractivity contribution in [2.45, 2.75) is 26.2 Å². The molecule has 1 fully saturated rings. The summed E-state index contributed by atoms with van der Waals surface area (Å²) in [5.74, 6) is 0.279. The molecule has 0 spiro atoms. The number of nitrogens with zero attached hydrogens (tertiary/aromatic N) is 1. The van der Waals surface area contributed by atoms with Crippen molar-refractivity contribution in [3.8, 4) is 0 Å². The molecule has 4 heteroatoms. The molecule has 1 aliphatic carbocycles.